The Bertz CT molecular complexity index is 846. The molecule has 1 aromatic heterocycles. The van der Waals surface area contributed by atoms with Crippen LogP contribution < -0.4 is 15.7 Å². The number of hydrogen-bond donors (Lipinski definition) is 3. The van der Waals surface area contributed by atoms with E-state index in [1.807, 2.05) is 0 Å². The van der Waals surface area contributed by atoms with E-state index in [1.165, 1.54) is 0 Å². The molecule has 0 bridgehead atoms. The molecule has 6 heteroatoms. The summed E-state index contributed by atoms with van der Waals surface area (Å²) in [6, 6.07) is 12.1. The maximum Gasteiger partial charge on any atom is 0.323 e. The van der Waals surface area contributed by atoms with E-state index in [1.54, 1.807) is 49.6 Å². The average molecular weight is 283 g/mol. The van der Waals surface area contributed by atoms with Crippen LogP contribution in [-0.4, -0.2) is 23.0 Å². The second-order valence-electron chi connectivity index (χ2n) is 4.49. The van der Waals surface area contributed by atoms with Gasteiger partial charge in [0.2, 0.25) is 0 Å². The Labute approximate surface area is 119 Å². The SMILES string of the molecule is COc1ccc(NC(=O)c2cccc3[nH]c(=O)[nH]c23)cc1. The van der Waals surface area contributed by atoms with Crippen LogP contribution in [0.1, 0.15) is 10.4 Å². The van der Waals surface area contributed by atoms with Crippen molar-refractivity contribution in [1.82, 2.24) is 9.97 Å². The second-order valence-corrected chi connectivity index (χ2v) is 4.49. The summed E-state index contributed by atoms with van der Waals surface area (Å²) >= 11 is 0. The second kappa shape index (κ2) is 5.16. The van der Waals surface area contributed by atoms with Crippen LogP contribution in [0.15, 0.2) is 47.3 Å². The minimum absolute atomic E-state index is 0.291. The lowest BCUT2D eigenvalue weighted by Gasteiger charge is -2.07. The van der Waals surface area contributed by atoms with Crippen molar-refractivity contribution in [2.45, 2.75) is 0 Å². The quantitative estimate of drug-likeness (QED) is 0.688. The van der Waals surface area contributed by atoms with Gasteiger partial charge in [0.25, 0.3) is 5.91 Å². The third-order valence-corrected chi connectivity index (χ3v) is 3.14. The average Bonchev–Trinajstić information content (AvgIpc) is 2.87. The highest BCUT2D eigenvalue weighted by Crippen LogP contribution is 2.18. The smallest absolute Gasteiger partial charge is 0.323 e. The van der Waals surface area contributed by atoms with Crippen LogP contribution >= 0.6 is 0 Å². The number of fused-ring (bicyclic) bond motifs is 1. The Morgan fingerprint density at radius 1 is 1.10 bits per heavy atom. The number of imidazole rings is 1. The van der Waals surface area contributed by atoms with Gasteiger partial charge in [0, 0.05) is 5.69 Å². The molecule has 0 unspecified atom stereocenters. The number of carbonyl (C=O) groups excluding carboxylic acids is 1. The number of amides is 1. The third-order valence-electron chi connectivity index (χ3n) is 3.14. The summed E-state index contributed by atoms with van der Waals surface area (Å²) in [6.45, 7) is 0. The van der Waals surface area contributed by atoms with E-state index in [9.17, 15) is 9.59 Å². The minimum atomic E-state index is -0.338. The van der Waals surface area contributed by atoms with E-state index in [0.717, 1.165) is 0 Å². The molecule has 0 spiro atoms. The zero-order valence-electron chi connectivity index (χ0n) is 11.3. The highest BCUT2D eigenvalue weighted by Gasteiger charge is 2.12. The fourth-order valence-electron chi connectivity index (χ4n) is 2.12. The Balaban J connectivity index is 1.91. The first-order chi connectivity index (χ1) is 10.2. The Hall–Kier alpha value is -3.02. The molecule has 0 saturated heterocycles. The van der Waals surface area contributed by atoms with Gasteiger partial charge in [-0.15, -0.1) is 0 Å². The predicted octanol–water partition coefficient (Wildman–Crippen LogP) is 2.12. The third kappa shape index (κ3) is 2.51. The minimum Gasteiger partial charge on any atom is -0.497 e. The fraction of sp³-hybridized carbons (Fsp3) is 0.0667. The summed E-state index contributed by atoms with van der Waals surface area (Å²) in [6.07, 6.45) is 0. The maximum absolute atomic E-state index is 12.3. The zero-order valence-corrected chi connectivity index (χ0v) is 11.3. The molecule has 0 fully saturated rings. The van der Waals surface area contributed by atoms with Gasteiger partial charge in [-0.2, -0.15) is 0 Å². The van der Waals surface area contributed by atoms with Gasteiger partial charge in [-0.3, -0.25) is 4.79 Å². The molecule has 106 valence electrons. The van der Waals surface area contributed by atoms with E-state index in [-0.39, 0.29) is 11.6 Å². The number of methoxy groups -OCH3 is 1. The highest BCUT2D eigenvalue weighted by molar-refractivity contribution is 6.11. The predicted molar refractivity (Wildman–Crippen MR) is 79.9 cm³/mol. The number of rotatable bonds is 3. The molecule has 0 aliphatic heterocycles. The number of aromatic nitrogens is 2. The molecule has 21 heavy (non-hydrogen) atoms. The first-order valence-corrected chi connectivity index (χ1v) is 6.34. The molecular formula is C15H13N3O3. The van der Waals surface area contributed by atoms with Crippen LogP contribution in [-0.2, 0) is 0 Å². The number of benzene rings is 2. The summed E-state index contributed by atoms with van der Waals surface area (Å²) in [5.41, 5.74) is 1.81. The van der Waals surface area contributed by atoms with Crippen molar-refractivity contribution in [2.75, 3.05) is 12.4 Å². The number of H-pyrrole nitrogens is 2. The molecule has 1 amide bonds. The van der Waals surface area contributed by atoms with E-state index in [2.05, 4.69) is 15.3 Å². The summed E-state index contributed by atoms with van der Waals surface area (Å²) < 4.78 is 5.06. The number of aromatic amines is 2. The van der Waals surface area contributed by atoms with Gasteiger partial charge < -0.3 is 20.0 Å². The van der Waals surface area contributed by atoms with Gasteiger partial charge in [0.1, 0.15) is 5.75 Å². The molecule has 0 saturated carbocycles. The molecule has 0 radical (unpaired) electrons. The van der Waals surface area contributed by atoms with E-state index in [0.29, 0.717) is 28.0 Å². The van der Waals surface area contributed by atoms with Gasteiger partial charge in [0.05, 0.1) is 23.7 Å². The number of carbonyl (C=O) groups is 1. The van der Waals surface area contributed by atoms with Crippen molar-refractivity contribution in [2.24, 2.45) is 0 Å². The molecule has 0 aliphatic rings. The fourth-order valence-corrected chi connectivity index (χ4v) is 2.12. The van der Waals surface area contributed by atoms with Crippen LogP contribution in [0.3, 0.4) is 0 Å². The van der Waals surface area contributed by atoms with Gasteiger partial charge in [-0.1, -0.05) is 6.07 Å². The van der Waals surface area contributed by atoms with Gasteiger partial charge >= 0.3 is 5.69 Å². The van der Waals surface area contributed by atoms with Crippen molar-refractivity contribution < 1.29 is 9.53 Å². The number of nitrogens with one attached hydrogen (secondary N) is 3. The number of para-hydroxylation sites is 1. The number of anilines is 1. The van der Waals surface area contributed by atoms with Crippen molar-refractivity contribution in [3.05, 3.63) is 58.5 Å². The molecule has 3 rings (SSSR count). The van der Waals surface area contributed by atoms with Gasteiger partial charge in [-0.25, -0.2) is 4.79 Å². The monoisotopic (exact) mass is 283 g/mol. The van der Waals surface area contributed by atoms with Crippen molar-refractivity contribution in [3.8, 4) is 5.75 Å². The number of ether oxygens (including phenoxy) is 1. The molecule has 3 aromatic rings. The van der Waals surface area contributed by atoms with Crippen LogP contribution in [0, 0.1) is 0 Å². The first-order valence-electron chi connectivity index (χ1n) is 6.34. The normalized spacial score (nSPS) is 10.5. The molecule has 1 heterocycles. The lowest BCUT2D eigenvalue weighted by atomic mass is 10.1. The molecule has 0 aliphatic carbocycles. The molecule has 3 N–H and O–H groups in total. The summed E-state index contributed by atoms with van der Waals surface area (Å²) in [7, 11) is 1.58. The largest absolute Gasteiger partial charge is 0.497 e. The molecule has 6 nitrogen and oxygen atoms in total. The lowest BCUT2D eigenvalue weighted by molar-refractivity contribution is 0.102. The maximum atomic E-state index is 12.3. The standard InChI is InChI=1S/C15H13N3O3/c1-21-10-7-5-9(6-8-10)16-14(19)11-3-2-4-12-13(11)18-15(20)17-12/h2-8H,1H3,(H,16,19)(H2,17,18,20). The summed E-state index contributed by atoms with van der Waals surface area (Å²) in [5, 5.41) is 2.78. The van der Waals surface area contributed by atoms with Gasteiger partial charge in [-0.05, 0) is 36.4 Å². The van der Waals surface area contributed by atoms with Crippen molar-refractivity contribution >= 4 is 22.6 Å². The van der Waals surface area contributed by atoms with Crippen molar-refractivity contribution in [1.29, 1.82) is 0 Å². The van der Waals surface area contributed by atoms with Crippen LogP contribution in [0.25, 0.3) is 11.0 Å². The Kier molecular flexibility index (Phi) is 3.19. The number of hydrogen-bond acceptors (Lipinski definition) is 3. The van der Waals surface area contributed by atoms with Gasteiger partial charge in [0.15, 0.2) is 0 Å². The molecule has 2 aromatic carbocycles. The van der Waals surface area contributed by atoms with Crippen LogP contribution in [0.4, 0.5) is 5.69 Å². The zero-order chi connectivity index (χ0) is 14.8. The highest BCUT2D eigenvalue weighted by atomic mass is 16.5. The Morgan fingerprint density at radius 2 is 1.86 bits per heavy atom. The molecule has 0 atom stereocenters. The van der Waals surface area contributed by atoms with E-state index in [4.69, 9.17) is 4.74 Å². The Morgan fingerprint density at radius 3 is 2.57 bits per heavy atom. The van der Waals surface area contributed by atoms with E-state index >= 15 is 0 Å². The summed E-state index contributed by atoms with van der Waals surface area (Å²) in [4.78, 5) is 28.9. The first kappa shape index (κ1) is 13.0. The van der Waals surface area contributed by atoms with Crippen LogP contribution in [0.2, 0.25) is 0 Å². The van der Waals surface area contributed by atoms with Crippen molar-refractivity contribution in [3.63, 3.8) is 0 Å². The topological polar surface area (TPSA) is 87.0 Å². The summed E-state index contributed by atoms with van der Waals surface area (Å²) in [5.74, 6) is 0.422. The molecular weight excluding hydrogens is 270 g/mol. The van der Waals surface area contributed by atoms with E-state index < -0.39 is 0 Å². The van der Waals surface area contributed by atoms with Crippen LogP contribution in [0.5, 0.6) is 5.75 Å². The lowest BCUT2D eigenvalue weighted by Crippen LogP contribution is -2.12.